The smallest absolute Gasteiger partial charge is 0.161 e. The fourth-order valence-electron chi connectivity index (χ4n) is 4.19. The molecule has 0 spiro atoms. The highest BCUT2D eigenvalue weighted by atomic mass is 16.5. The lowest BCUT2D eigenvalue weighted by Gasteiger charge is -2.14. The summed E-state index contributed by atoms with van der Waals surface area (Å²) in [6, 6.07) is 20.4. The molecule has 0 atom stereocenters. The lowest BCUT2D eigenvalue weighted by Crippen LogP contribution is -2.09. The third-order valence-electron chi connectivity index (χ3n) is 6.29. The van der Waals surface area contributed by atoms with Gasteiger partial charge < -0.3 is 18.8 Å². The SMILES string of the molecule is C=CCc1ccc(OCc2nc3ccccc3n2CCCCOc2cccc(C)c2C)c(OC)c1. The van der Waals surface area contributed by atoms with E-state index in [0.717, 1.165) is 59.7 Å². The number of fused-ring (bicyclic) bond motifs is 1. The zero-order chi connectivity index (χ0) is 24.6. The number of aryl methyl sites for hydroxylation is 2. The zero-order valence-electron chi connectivity index (χ0n) is 20.9. The van der Waals surface area contributed by atoms with Gasteiger partial charge in [-0.1, -0.05) is 36.4 Å². The van der Waals surface area contributed by atoms with Crippen molar-refractivity contribution in [2.45, 2.75) is 46.3 Å². The Morgan fingerprint density at radius 1 is 0.914 bits per heavy atom. The number of aromatic nitrogens is 2. The third kappa shape index (κ3) is 5.86. The number of ether oxygens (including phenoxy) is 3. The van der Waals surface area contributed by atoms with Gasteiger partial charge in [-0.15, -0.1) is 6.58 Å². The molecule has 1 aromatic heterocycles. The second-order valence-electron chi connectivity index (χ2n) is 8.69. The number of para-hydroxylation sites is 2. The fraction of sp³-hybridized carbons (Fsp3) is 0.300. The molecule has 5 heteroatoms. The van der Waals surface area contributed by atoms with Crippen molar-refractivity contribution in [3.05, 3.63) is 95.8 Å². The summed E-state index contributed by atoms with van der Waals surface area (Å²) in [4.78, 5) is 4.85. The Kier molecular flexibility index (Phi) is 8.09. The van der Waals surface area contributed by atoms with Crippen LogP contribution in [0.25, 0.3) is 11.0 Å². The third-order valence-corrected chi connectivity index (χ3v) is 6.29. The number of hydrogen-bond donors (Lipinski definition) is 0. The van der Waals surface area contributed by atoms with Crippen LogP contribution in [0.2, 0.25) is 0 Å². The number of benzene rings is 3. The van der Waals surface area contributed by atoms with Crippen molar-refractivity contribution in [3.63, 3.8) is 0 Å². The van der Waals surface area contributed by atoms with Crippen LogP contribution in [0.15, 0.2) is 73.3 Å². The molecule has 0 bridgehead atoms. The Morgan fingerprint density at radius 2 is 1.77 bits per heavy atom. The molecule has 0 amide bonds. The largest absolute Gasteiger partial charge is 0.493 e. The predicted molar refractivity (Wildman–Crippen MR) is 142 cm³/mol. The van der Waals surface area contributed by atoms with E-state index in [4.69, 9.17) is 19.2 Å². The molecule has 0 aliphatic rings. The van der Waals surface area contributed by atoms with Gasteiger partial charge in [0.1, 0.15) is 18.2 Å². The van der Waals surface area contributed by atoms with E-state index in [1.165, 1.54) is 11.1 Å². The summed E-state index contributed by atoms with van der Waals surface area (Å²) in [7, 11) is 1.66. The molecule has 1 heterocycles. The predicted octanol–water partition coefficient (Wildman–Crippen LogP) is 6.83. The van der Waals surface area contributed by atoms with E-state index in [1.54, 1.807) is 7.11 Å². The first-order valence-corrected chi connectivity index (χ1v) is 12.1. The Morgan fingerprint density at radius 3 is 2.60 bits per heavy atom. The van der Waals surface area contributed by atoms with E-state index in [1.807, 2.05) is 48.5 Å². The van der Waals surface area contributed by atoms with Crippen molar-refractivity contribution in [2.75, 3.05) is 13.7 Å². The summed E-state index contributed by atoms with van der Waals surface area (Å²) in [5, 5.41) is 0. The molecule has 0 unspecified atom stereocenters. The first-order chi connectivity index (χ1) is 17.1. The van der Waals surface area contributed by atoms with Crippen LogP contribution in [0.4, 0.5) is 0 Å². The molecule has 0 fully saturated rings. The number of unbranched alkanes of at least 4 members (excludes halogenated alkanes) is 1. The molecule has 0 aliphatic heterocycles. The molecule has 0 saturated carbocycles. The van der Waals surface area contributed by atoms with Crippen LogP contribution in [-0.2, 0) is 19.6 Å². The monoisotopic (exact) mass is 470 g/mol. The molecular weight excluding hydrogens is 436 g/mol. The van der Waals surface area contributed by atoms with Crippen LogP contribution in [-0.4, -0.2) is 23.3 Å². The van der Waals surface area contributed by atoms with Gasteiger partial charge >= 0.3 is 0 Å². The highest BCUT2D eigenvalue weighted by Gasteiger charge is 2.13. The Bertz CT molecular complexity index is 1290. The summed E-state index contributed by atoms with van der Waals surface area (Å²) in [6.07, 6.45) is 4.61. The quantitative estimate of drug-likeness (QED) is 0.168. The average molecular weight is 471 g/mol. The summed E-state index contributed by atoms with van der Waals surface area (Å²) in [5.74, 6) is 3.30. The number of rotatable bonds is 12. The molecule has 0 aliphatic carbocycles. The van der Waals surface area contributed by atoms with Crippen molar-refractivity contribution in [2.24, 2.45) is 0 Å². The van der Waals surface area contributed by atoms with Crippen LogP contribution >= 0.6 is 0 Å². The molecule has 0 radical (unpaired) electrons. The molecule has 4 rings (SSSR count). The molecule has 0 N–H and O–H groups in total. The second kappa shape index (κ2) is 11.6. The van der Waals surface area contributed by atoms with Gasteiger partial charge in [0.05, 0.1) is 24.8 Å². The average Bonchev–Trinajstić information content (AvgIpc) is 3.23. The van der Waals surface area contributed by atoms with Crippen LogP contribution in [0.5, 0.6) is 17.2 Å². The minimum absolute atomic E-state index is 0.366. The Hall–Kier alpha value is -3.73. The van der Waals surface area contributed by atoms with Crippen molar-refractivity contribution in [1.29, 1.82) is 0 Å². The topological polar surface area (TPSA) is 45.5 Å². The van der Waals surface area contributed by atoms with Crippen molar-refractivity contribution < 1.29 is 14.2 Å². The summed E-state index contributed by atoms with van der Waals surface area (Å²) >= 11 is 0. The van der Waals surface area contributed by atoms with Gasteiger partial charge in [0.15, 0.2) is 11.5 Å². The van der Waals surface area contributed by atoms with Gasteiger partial charge in [-0.2, -0.15) is 0 Å². The number of imidazole rings is 1. The number of hydrogen-bond acceptors (Lipinski definition) is 4. The van der Waals surface area contributed by atoms with Gasteiger partial charge in [0, 0.05) is 6.54 Å². The first kappa shape index (κ1) is 24.4. The number of methoxy groups -OCH3 is 1. The molecule has 35 heavy (non-hydrogen) atoms. The standard InChI is InChI=1S/C30H34N2O3/c1-5-11-24-16-17-28(29(20-24)33-4)35-21-30-31-25-13-6-7-14-26(25)32(30)18-8-9-19-34-27-15-10-12-22(2)23(27)3/h5-7,10,12-17,20H,1,8-9,11,18-19,21H2,2-4H3. The zero-order valence-corrected chi connectivity index (χ0v) is 20.9. The van der Waals surface area contributed by atoms with E-state index < -0.39 is 0 Å². The maximum Gasteiger partial charge on any atom is 0.161 e. The first-order valence-electron chi connectivity index (χ1n) is 12.1. The lowest BCUT2D eigenvalue weighted by atomic mass is 10.1. The van der Waals surface area contributed by atoms with Gasteiger partial charge in [-0.3, -0.25) is 0 Å². The van der Waals surface area contributed by atoms with Crippen LogP contribution in [0, 0.1) is 13.8 Å². The maximum absolute atomic E-state index is 6.17. The maximum atomic E-state index is 6.17. The van der Waals surface area contributed by atoms with Gasteiger partial charge in [0.2, 0.25) is 0 Å². The van der Waals surface area contributed by atoms with Crippen LogP contribution in [0.3, 0.4) is 0 Å². The summed E-state index contributed by atoms with van der Waals surface area (Å²) in [6.45, 7) is 9.94. The molecule has 182 valence electrons. The summed E-state index contributed by atoms with van der Waals surface area (Å²) in [5.41, 5.74) is 5.70. The Labute approximate surface area is 208 Å². The van der Waals surface area contributed by atoms with Gasteiger partial charge in [-0.05, 0) is 80.1 Å². The van der Waals surface area contributed by atoms with Gasteiger partial charge in [0.25, 0.3) is 0 Å². The molecular formula is C30H34N2O3. The van der Waals surface area contributed by atoms with E-state index in [-0.39, 0.29) is 0 Å². The van der Waals surface area contributed by atoms with E-state index in [2.05, 4.69) is 43.2 Å². The van der Waals surface area contributed by atoms with Gasteiger partial charge in [-0.25, -0.2) is 4.98 Å². The van der Waals surface area contributed by atoms with Crippen molar-refractivity contribution >= 4 is 11.0 Å². The Balaban J connectivity index is 1.42. The van der Waals surface area contributed by atoms with Crippen LogP contribution in [0.1, 0.15) is 35.4 Å². The molecule has 4 aromatic rings. The normalized spacial score (nSPS) is 10.9. The van der Waals surface area contributed by atoms with E-state index in [0.29, 0.717) is 19.0 Å². The van der Waals surface area contributed by atoms with Crippen molar-refractivity contribution in [1.82, 2.24) is 9.55 Å². The minimum Gasteiger partial charge on any atom is -0.493 e. The fourth-order valence-corrected chi connectivity index (χ4v) is 4.19. The van der Waals surface area contributed by atoms with Crippen LogP contribution < -0.4 is 14.2 Å². The second-order valence-corrected chi connectivity index (χ2v) is 8.69. The van der Waals surface area contributed by atoms with Crippen molar-refractivity contribution in [3.8, 4) is 17.2 Å². The molecule has 5 nitrogen and oxygen atoms in total. The van der Waals surface area contributed by atoms with E-state index >= 15 is 0 Å². The lowest BCUT2D eigenvalue weighted by molar-refractivity contribution is 0.269. The molecule has 3 aromatic carbocycles. The van der Waals surface area contributed by atoms with E-state index in [9.17, 15) is 0 Å². The molecule has 0 saturated heterocycles. The minimum atomic E-state index is 0.366. The number of allylic oxidation sites excluding steroid dienone is 1. The number of nitrogens with zero attached hydrogens (tertiary/aromatic N) is 2. The highest BCUT2D eigenvalue weighted by molar-refractivity contribution is 5.75. The highest BCUT2D eigenvalue weighted by Crippen LogP contribution is 2.29. The summed E-state index contributed by atoms with van der Waals surface area (Å²) < 4.78 is 20.0.